The third-order valence-corrected chi connectivity index (χ3v) is 3.64. The molecular formula is C19H16F3N3O4. The van der Waals surface area contributed by atoms with Gasteiger partial charge in [0.05, 0.1) is 12.2 Å². The van der Waals surface area contributed by atoms with E-state index in [0.29, 0.717) is 18.1 Å². The molecule has 1 amide bonds. The van der Waals surface area contributed by atoms with Crippen molar-refractivity contribution in [3.8, 4) is 23.0 Å². The number of rotatable bonds is 7. The number of anilines is 1. The van der Waals surface area contributed by atoms with Crippen molar-refractivity contribution in [3.05, 3.63) is 54.1 Å². The number of carbonyl (C=O) groups is 1. The molecule has 29 heavy (non-hydrogen) atoms. The van der Waals surface area contributed by atoms with Crippen LogP contribution >= 0.6 is 0 Å². The summed E-state index contributed by atoms with van der Waals surface area (Å²) >= 11 is 0. The van der Waals surface area contributed by atoms with E-state index in [4.69, 9.17) is 13.9 Å². The van der Waals surface area contributed by atoms with Gasteiger partial charge in [-0.3, -0.25) is 10.1 Å². The zero-order valence-electron chi connectivity index (χ0n) is 15.2. The Hall–Kier alpha value is -3.56. The smallest absolute Gasteiger partial charge is 0.416 e. The molecule has 0 atom stereocenters. The van der Waals surface area contributed by atoms with Crippen molar-refractivity contribution in [1.29, 1.82) is 0 Å². The number of carbonyl (C=O) groups excluding carboxylic acids is 1. The largest absolute Gasteiger partial charge is 0.494 e. The van der Waals surface area contributed by atoms with Gasteiger partial charge in [0.2, 0.25) is 5.89 Å². The summed E-state index contributed by atoms with van der Waals surface area (Å²) in [6, 6.07) is 10.8. The molecule has 7 nitrogen and oxygen atoms in total. The van der Waals surface area contributed by atoms with Crippen LogP contribution in [0.4, 0.5) is 19.2 Å². The Kier molecular flexibility index (Phi) is 6.01. The van der Waals surface area contributed by atoms with Gasteiger partial charge in [-0.15, -0.1) is 5.10 Å². The highest BCUT2D eigenvalue weighted by molar-refractivity contribution is 5.89. The zero-order chi connectivity index (χ0) is 20.9. The van der Waals surface area contributed by atoms with Crippen LogP contribution in [0.1, 0.15) is 12.5 Å². The number of hydrogen-bond donors (Lipinski definition) is 1. The van der Waals surface area contributed by atoms with Crippen molar-refractivity contribution >= 4 is 11.9 Å². The van der Waals surface area contributed by atoms with Gasteiger partial charge in [-0.25, -0.2) is 0 Å². The van der Waals surface area contributed by atoms with Crippen LogP contribution in [0, 0.1) is 0 Å². The SMILES string of the molecule is CCOc1ccc(OCC(=O)Nc2nnc(-c3ccc(C(F)(F)F)cc3)o2)cc1. The van der Waals surface area contributed by atoms with E-state index in [0.717, 1.165) is 12.1 Å². The van der Waals surface area contributed by atoms with Crippen LogP contribution in [0.25, 0.3) is 11.5 Å². The summed E-state index contributed by atoms with van der Waals surface area (Å²) in [6.07, 6.45) is -4.43. The molecule has 1 aromatic heterocycles. The maximum absolute atomic E-state index is 12.6. The van der Waals surface area contributed by atoms with Crippen molar-refractivity contribution in [2.45, 2.75) is 13.1 Å². The van der Waals surface area contributed by atoms with E-state index >= 15 is 0 Å². The summed E-state index contributed by atoms with van der Waals surface area (Å²) < 4.78 is 53.7. The molecule has 1 N–H and O–H groups in total. The Morgan fingerprint density at radius 1 is 1.00 bits per heavy atom. The molecule has 1 heterocycles. The fraction of sp³-hybridized carbons (Fsp3) is 0.211. The summed E-state index contributed by atoms with van der Waals surface area (Å²) in [6.45, 7) is 2.11. The monoisotopic (exact) mass is 407 g/mol. The van der Waals surface area contributed by atoms with E-state index in [1.807, 2.05) is 6.92 Å². The highest BCUT2D eigenvalue weighted by Gasteiger charge is 2.30. The Morgan fingerprint density at radius 2 is 1.62 bits per heavy atom. The van der Waals surface area contributed by atoms with Crippen molar-refractivity contribution in [3.63, 3.8) is 0 Å². The lowest BCUT2D eigenvalue weighted by atomic mass is 10.1. The van der Waals surface area contributed by atoms with Gasteiger partial charge < -0.3 is 13.9 Å². The molecule has 0 radical (unpaired) electrons. The fourth-order valence-corrected chi connectivity index (χ4v) is 2.30. The van der Waals surface area contributed by atoms with Gasteiger partial charge >= 0.3 is 12.2 Å². The Morgan fingerprint density at radius 3 is 2.21 bits per heavy atom. The molecule has 0 fully saturated rings. The maximum Gasteiger partial charge on any atom is 0.416 e. The number of benzene rings is 2. The molecule has 2 aromatic carbocycles. The normalized spacial score (nSPS) is 11.2. The van der Waals surface area contributed by atoms with Crippen LogP contribution in [0.15, 0.2) is 52.9 Å². The molecular weight excluding hydrogens is 391 g/mol. The molecule has 0 unspecified atom stereocenters. The zero-order valence-corrected chi connectivity index (χ0v) is 15.2. The van der Waals surface area contributed by atoms with Crippen LogP contribution in [0.5, 0.6) is 11.5 Å². The number of nitrogens with one attached hydrogen (secondary N) is 1. The molecule has 0 aliphatic rings. The average molecular weight is 407 g/mol. The standard InChI is InChI=1S/C19H16F3N3O4/c1-2-27-14-7-9-15(10-8-14)28-11-16(26)23-18-25-24-17(29-18)12-3-5-13(6-4-12)19(20,21)22/h3-10H,2,11H2,1H3,(H,23,25,26). The number of hydrogen-bond acceptors (Lipinski definition) is 6. The molecule has 10 heteroatoms. The van der Waals surface area contributed by atoms with E-state index in [2.05, 4.69) is 15.5 Å². The maximum atomic E-state index is 12.6. The van der Waals surface area contributed by atoms with Gasteiger partial charge in [-0.05, 0) is 55.5 Å². The topological polar surface area (TPSA) is 86.5 Å². The van der Waals surface area contributed by atoms with Gasteiger partial charge in [0, 0.05) is 5.56 Å². The van der Waals surface area contributed by atoms with Crippen LogP contribution in [-0.2, 0) is 11.0 Å². The van der Waals surface area contributed by atoms with Gasteiger partial charge in [0.15, 0.2) is 6.61 Å². The lowest BCUT2D eigenvalue weighted by Gasteiger charge is -2.07. The second-order valence-corrected chi connectivity index (χ2v) is 5.73. The summed E-state index contributed by atoms with van der Waals surface area (Å²) in [5, 5.41) is 9.72. The average Bonchev–Trinajstić information content (AvgIpc) is 3.15. The van der Waals surface area contributed by atoms with Crippen molar-refractivity contribution in [2.75, 3.05) is 18.5 Å². The minimum atomic E-state index is -4.43. The summed E-state index contributed by atoms with van der Waals surface area (Å²) in [5.41, 5.74) is -0.502. The highest BCUT2D eigenvalue weighted by Crippen LogP contribution is 2.30. The number of ether oxygens (including phenoxy) is 2. The Bertz CT molecular complexity index is 954. The van der Waals surface area contributed by atoms with Crippen LogP contribution in [0.2, 0.25) is 0 Å². The van der Waals surface area contributed by atoms with Gasteiger partial charge in [0.25, 0.3) is 5.91 Å². The number of aromatic nitrogens is 2. The number of halogens is 3. The van der Waals surface area contributed by atoms with Crippen molar-refractivity contribution < 1.29 is 31.9 Å². The summed E-state index contributed by atoms with van der Waals surface area (Å²) in [4.78, 5) is 11.9. The first-order valence-corrected chi connectivity index (χ1v) is 8.52. The Balaban J connectivity index is 1.54. The quantitative estimate of drug-likeness (QED) is 0.633. The van der Waals surface area contributed by atoms with Crippen LogP contribution < -0.4 is 14.8 Å². The van der Waals surface area contributed by atoms with E-state index in [1.165, 1.54) is 12.1 Å². The van der Waals surface area contributed by atoms with Crippen molar-refractivity contribution in [1.82, 2.24) is 10.2 Å². The van der Waals surface area contributed by atoms with E-state index in [-0.39, 0.29) is 24.1 Å². The first kappa shape index (κ1) is 20.2. The number of amides is 1. The predicted molar refractivity (Wildman–Crippen MR) is 96.5 cm³/mol. The van der Waals surface area contributed by atoms with E-state index < -0.39 is 17.6 Å². The van der Waals surface area contributed by atoms with Crippen molar-refractivity contribution in [2.24, 2.45) is 0 Å². The van der Waals surface area contributed by atoms with Crippen LogP contribution in [0.3, 0.4) is 0 Å². The molecule has 0 aliphatic heterocycles. The summed E-state index contributed by atoms with van der Waals surface area (Å²) in [5.74, 6) is 0.591. The predicted octanol–water partition coefficient (Wildman–Crippen LogP) is 4.17. The molecule has 0 saturated heterocycles. The lowest BCUT2D eigenvalue weighted by Crippen LogP contribution is -2.20. The Labute approximate surface area is 163 Å². The van der Waals surface area contributed by atoms with E-state index in [1.54, 1.807) is 24.3 Å². The molecule has 0 bridgehead atoms. The second-order valence-electron chi connectivity index (χ2n) is 5.73. The molecule has 3 aromatic rings. The van der Waals surface area contributed by atoms with Gasteiger partial charge in [0.1, 0.15) is 11.5 Å². The molecule has 152 valence electrons. The molecule has 0 spiro atoms. The second kappa shape index (κ2) is 8.63. The minimum Gasteiger partial charge on any atom is -0.494 e. The summed E-state index contributed by atoms with van der Waals surface area (Å²) in [7, 11) is 0. The molecule has 0 aliphatic carbocycles. The minimum absolute atomic E-state index is 0.0264. The third kappa shape index (κ3) is 5.47. The van der Waals surface area contributed by atoms with Gasteiger partial charge in [-0.2, -0.15) is 13.2 Å². The fourth-order valence-electron chi connectivity index (χ4n) is 2.30. The first-order chi connectivity index (χ1) is 13.8. The first-order valence-electron chi connectivity index (χ1n) is 8.52. The van der Waals surface area contributed by atoms with Crippen LogP contribution in [-0.4, -0.2) is 29.3 Å². The number of alkyl halides is 3. The molecule has 3 rings (SSSR count). The van der Waals surface area contributed by atoms with Gasteiger partial charge in [-0.1, -0.05) is 5.10 Å². The lowest BCUT2D eigenvalue weighted by molar-refractivity contribution is -0.137. The number of nitrogens with zero attached hydrogens (tertiary/aromatic N) is 2. The van der Waals surface area contributed by atoms with E-state index in [9.17, 15) is 18.0 Å². The highest BCUT2D eigenvalue weighted by atomic mass is 19.4. The molecule has 0 saturated carbocycles. The third-order valence-electron chi connectivity index (χ3n) is 3.64.